The Morgan fingerprint density at radius 3 is 2.68 bits per heavy atom. The van der Waals surface area contributed by atoms with Gasteiger partial charge in [-0.15, -0.1) is 10.2 Å². The number of nitrogens with zero attached hydrogens (tertiary/aromatic N) is 5. The second-order valence-corrected chi connectivity index (χ2v) is 6.09. The predicted molar refractivity (Wildman–Crippen MR) is 94.0 cm³/mol. The number of aromatic nitrogens is 3. The first-order valence-corrected chi connectivity index (χ1v) is 7.91. The molecule has 6 nitrogen and oxygen atoms in total. The summed E-state index contributed by atoms with van der Waals surface area (Å²) >= 11 is 11.9. The van der Waals surface area contributed by atoms with Crippen LogP contribution in [-0.2, 0) is 13.6 Å². The Morgan fingerprint density at radius 1 is 1.20 bits per heavy atom. The van der Waals surface area contributed by atoms with Crippen LogP contribution in [0.15, 0.2) is 59.2 Å². The summed E-state index contributed by atoms with van der Waals surface area (Å²) in [7, 11) is 1.96. The minimum Gasteiger partial charge on any atom is -1.00 e. The zero-order valence-electron chi connectivity index (χ0n) is 13.3. The lowest BCUT2D eigenvalue weighted by atomic mass is 10.3. The maximum atomic E-state index is 6.10. The first-order valence-electron chi connectivity index (χ1n) is 7.15. The summed E-state index contributed by atoms with van der Waals surface area (Å²) < 4.78 is 3.64. The van der Waals surface area contributed by atoms with Gasteiger partial charge in [0.05, 0.1) is 17.8 Å². The van der Waals surface area contributed by atoms with Crippen LogP contribution in [0.25, 0.3) is 0 Å². The number of rotatable bonds is 4. The van der Waals surface area contributed by atoms with Crippen LogP contribution in [0.2, 0.25) is 10.0 Å². The molecule has 25 heavy (non-hydrogen) atoms. The minimum atomic E-state index is 0. The molecular weight excluding hydrogens is 383 g/mol. The summed E-state index contributed by atoms with van der Waals surface area (Å²) in [6.07, 6.45) is 5.55. The Hall–Kier alpha value is -2.15. The molecule has 0 amide bonds. The molecule has 9 heteroatoms. The van der Waals surface area contributed by atoms with E-state index >= 15 is 0 Å². The van der Waals surface area contributed by atoms with Crippen LogP contribution in [0.4, 0.5) is 17.2 Å². The average Bonchev–Trinajstić information content (AvgIpc) is 2.87. The van der Waals surface area contributed by atoms with Crippen molar-refractivity contribution in [2.75, 3.05) is 5.73 Å². The molecule has 0 aliphatic heterocycles. The number of nitrogens with two attached hydrogens (primary N) is 1. The molecule has 0 unspecified atom stereocenters. The van der Waals surface area contributed by atoms with Gasteiger partial charge in [-0.3, -0.25) is 0 Å². The van der Waals surface area contributed by atoms with E-state index in [0.29, 0.717) is 33.8 Å². The van der Waals surface area contributed by atoms with Crippen molar-refractivity contribution in [1.29, 1.82) is 0 Å². The van der Waals surface area contributed by atoms with Crippen LogP contribution in [0.5, 0.6) is 0 Å². The van der Waals surface area contributed by atoms with Gasteiger partial charge >= 0.3 is 0 Å². The van der Waals surface area contributed by atoms with E-state index in [2.05, 4.69) is 15.3 Å². The van der Waals surface area contributed by atoms with E-state index in [1.807, 2.05) is 36.1 Å². The zero-order valence-corrected chi connectivity index (χ0v) is 15.5. The van der Waals surface area contributed by atoms with E-state index in [1.165, 1.54) is 0 Å². The smallest absolute Gasteiger partial charge is 0.173 e. The van der Waals surface area contributed by atoms with Gasteiger partial charge < -0.3 is 18.1 Å². The topological polar surface area (TPSA) is 72.4 Å². The van der Waals surface area contributed by atoms with Gasteiger partial charge in [0.2, 0.25) is 0 Å². The van der Waals surface area contributed by atoms with Crippen LogP contribution in [-0.4, -0.2) is 9.78 Å². The molecule has 0 atom stereocenters. The second-order valence-electron chi connectivity index (χ2n) is 5.25. The molecule has 0 radical (unpaired) electrons. The number of azo groups is 1. The molecule has 0 bridgehead atoms. The van der Waals surface area contributed by atoms with Crippen molar-refractivity contribution < 1.29 is 17.0 Å². The molecule has 0 fully saturated rings. The van der Waals surface area contributed by atoms with Gasteiger partial charge in [0.1, 0.15) is 24.2 Å². The Kier molecular flexibility index (Phi) is 6.36. The third-order valence-electron chi connectivity index (χ3n) is 3.37. The molecule has 0 aliphatic carbocycles. The highest BCUT2D eigenvalue weighted by Gasteiger charge is 2.09. The van der Waals surface area contributed by atoms with Crippen LogP contribution in [0.3, 0.4) is 0 Å². The summed E-state index contributed by atoms with van der Waals surface area (Å²) in [4.78, 5) is 0. The van der Waals surface area contributed by atoms with E-state index in [0.717, 1.165) is 5.56 Å². The first-order chi connectivity index (χ1) is 11.5. The SMILES string of the molecule is C[n+]1cccc(Cn2ncc(/N=N/c3ccc(Cl)cc3Cl)c2N)c1.[Cl-]. The van der Waals surface area contributed by atoms with E-state index in [-0.39, 0.29) is 12.4 Å². The number of benzene rings is 1. The molecule has 2 heterocycles. The summed E-state index contributed by atoms with van der Waals surface area (Å²) in [5.74, 6) is 0.440. The van der Waals surface area contributed by atoms with E-state index in [4.69, 9.17) is 28.9 Å². The fourth-order valence-electron chi connectivity index (χ4n) is 2.17. The molecule has 2 aromatic heterocycles. The summed E-state index contributed by atoms with van der Waals surface area (Å²) in [6.45, 7) is 0.553. The zero-order chi connectivity index (χ0) is 17.1. The molecule has 0 saturated heterocycles. The van der Waals surface area contributed by atoms with Crippen molar-refractivity contribution in [3.8, 4) is 0 Å². The quantitative estimate of drug-likeness (QED) is 0.528. The van der Waals surface area contributed by atoms with Gasteiger partial charge in [-0.1, -0.05) is 23.2 Å². The monoisotopic (exact) mass is 396 g/mol. The Balaban J connectivity index is 0.00000225. The van der Waals surface area contributed by atoms with Gasteiger partial charge in [0.15, 0.2) is 12.4 Å². The van der Waals surface area contributed by atoms with Crippen molar-refractivity contribution in [2.24, 2.45) is 17.3 Å². The van der Waals surface area contributed by atoms with E-state index in [1.54, 1.807) is 29.1 Å². The second kappa shape index (κ2) is 8.29. The summed E-state index contributed by atoms with van der Waals surface area (Å²) in [5, 5.41) is 13.5. The van der Waals surface area contributed by atoms with Crippen LogP contribution >= 0.6 is 23.2 Å². The van der Waals surface area contributed by atoms with Crippen LogP contribution in [0, 0.1) is 0 Å². The highest BCUT2D eigenvalue weighted by Crippen LogP contribution is 2.30. The van der Waals surface area contributed by atoms with Crippen molar-refractivity contribution in [3.05, 3.63) is 64.5 Å². The summed E-state index contributed by atoms with van der Waals surface area (Å²) in [5.41, 5.74) is 8.19. The highest BCUT2D eigenvalue weighted by atomic mass is 35.5. The molecule has 3 aromatic rings. The van der Waals surface area contributed by atoms with Crippen LogP contribution in [0.1, 0.15) is 5.56 Å². The maximum absolute atomic E-state index is 6.10. The van der Waals surface area contributed by atoms with Gasteiger partial charge in [-0.25, -0.2) is 9.25 Å². The number of pyridine rings is 1. The van der Waals surface area contributed by atoms with E-state index < -0.39 is 0 Å². The van der Waals surface area contributed by atoms with Gasteiger partial charge in [-0.2, -0.15) is 5.10 Å². The van der Waals surface area contributed by atoms with Gasteiger partial charge in [-0.05, 0) is 24.3 Å². The number of nitrogen functional groups attached to an aromatic ring is 1. The standard InChI is InChI=1S/C16H15Cl2N6.ClH/c1-23-6-2-3-11(9-23)10-24-16(19)15(8-20-24)22-21-14-5-4-12(17)7-13(14)18;/h2-9H,10,19H2,1H3;1H/q+1;/p-1/b22-21+;. The van der Waals surface area contributed by atoms with Gasteiger partial charge in [0, 0.05) is 16.7 Å². The summed E-state index contributed by atoms with van der Waals surface area (Å²) in [6, 6.07) is 8.98. The van der Waals surface area contributed by atoms with Crippen molar-refractivity contribution >= 4 is 40.4 Å². The molecule has 3 rings (SSSR count). The molecular formula is C16H15Cl3N6. The van der Waals surface area contributed by atoms with Crippen molar-refractivity contribution in [2.45, 2.75) is 6.54 Å². The molecule has 0 spiro atoms. The van der Waals surface area contributed by atoms with Crippen molar-refractivity contribution in [3.63, 3.8) is 0 Å². The Morgan fingerprint density at radius 2 is 1.96 bits per heavy atom. The number of anilines is 1. The first kappa shape index (κ1) is 19.2. The molecule has 0 aliphatic rings. The third kappa shape index (κ3) is 4.69. The molecule has 130 valence electrons. The third-order valence-corrected chi connectivity index (χ3v) is 3.91. The normalized spacial score (nSPS) is 10.8. The largest absolute Gasteiger partial charge is 1.00 e. The number of aryl methyl sites for hydroxylation is 1. The average molecular weight is 398 g/mol. The van der Waals surface area contributed by atoms with E-state index in [9.17, 15) is 0 Å². The van der Waals surface area contributed by atoms with Crippen LogP contribution < -0.4 is 22.7 Å². The Bertz CT molecular complexity index is 907. The number of halogens is 3. The minimum absolute atomic E-state index is 0. The van der Waals surface area contributed by atoms with Crippen molar-refractivity contribution in [1.82, 2.24) is 9.78 Å². The lowest BCUT2D eigenvalue weighted by Crippen LogP contribution is -3.00. The molecule has 0 saturated carbocycles. The predicted octanol–water partition coefficient (Wildman–Crippen LogP) is 1.06. The number of hydrogen-bond acceptors (Lipinski definition) is 4. The lowest BCUT2D eigenvalue weighted by molar-refractivity contribution is -0.671. The Labute approximate surface area is 161 Å². The fourth-order valence-corrected chi connectivity index (χ4v) is 2.62. The molecule has 1 aromatic carbocycles. The highest BCUT2D eigenvalue weighted by molar-refractivity contribution is 6.36. The molecule has 2 N–H and O–H groups in total. The lowest BCUT2D eigenvalue weighted by Gasteiger charge is -2.03. The van der Waals surface area contributed by atoms with Gasteiger partial charge in [0.25, 0.3) is 0 Å². The fraction of sp³-hybridized carbons (Fsp3) is 0.125. The number of hydrogen-bond donors (Lipinski definition) is 1. The maximum Gasteiger partial charge on any atom is 0.173 e.